The molecule has 1 heterocycles. The number of ether oxygens (including phenoxy) is 3. The number of benzene rings is 1. The van der Waals surface area contributed by atoms with Crippen LogP contribution in [0.2, 0.25) is 5.15 Å². The second-order valence-corrected chi connectivity index (χ2v) is 4.09. The minimum atomic E-state index is 0.279. The molecule has 0 atom stereocenters. The van der Waals surface area contributed by atoms with E-state index in [-0.39, 0.29) is 5.15 Å². The third-order valence-electron chi connectivity index (χ3n) is 2.58. The van der Waals surface area contributed by atoms with E-state index in [0.29, 0.717) is 28.8 Å². The molecule has 20 heavy (non-hydrogen) atoms. The first-order chi connectivity index (χ1) is 9.69. The number of hydrogen-bond acceptors (Lipinski definition) is 6. The predicted octanol–water partition coefficient (Wildman–Crippen LogP) is 2.90. The standard InChI is InChI=1S/C13H14ClN3O3/c1-18-9-6-8(7-10(19-2)11(9)20-3)17-13-12(14)15-4-5-16-13/h4-7H,1-3H3,(H,16,17). The van der Waals surface area contributed by atoms with E-state index in [1.807, 2.05) is 0 Å². The van der Waals surface area contributed by atoms with Crippen LogP contribution in [0.4, 0.5) is 11.5 Å². The zero-order chi connectivity index (χ0) is 14.5. The summed E-state index contributed by atoms with van der Waals surface area (Å²) in [6, 6.07) is 3.51. The number of anilines is 2. The fourth-order valence-corrected chi connectivity index (χ4v) is 1.85. The summed E-state index contributed by atoms with van der Waals surface area (Å²) in [5, 5.41) is 3.33. The van der Waals surface area contributed by atoms with Crippen LogP contribution in [0.3, 0.4) is 0 Å². The third kappa shape index (κ3) is 2.85. The quantitative estimate of drug-likeness (QED) is 0.915. The Morgan fingerprint density at radius 2 is 1.55 bits per heavy atom. The molecule has 1 N–H and O–H groups in total. The van der Waals surface area contributed by atoms with Gasteiger partial charge in [-0.2, -0.15) is 0 Å². The molecular weight excluding hydrogens is 282 g/mol. The van der Waals surface area contributed by atoms with Crippen LogP contribution in [0.5, 0.6) is 17.2 Å². The molecule has 6 nitrogen and oxygen atoms in total. The highest BCUT2D eigenvalue weighted by atomic mass is 35.5. The van der Waals surface area contributed by atoms with Gasteiger partial charge >= 0.3 is 0 Å². The van der Waals surface area contributed by atoms with Gasteiger partial charge in [0.1, 0.15) is 0 Å². The van der Waals surface area contributed by atoms with E-state index in [2.05, 4.69) is 15.3 Å². The van der Waals surface area contributed by atoms with Gasteiger partial charge in [-0.1, -0.05) is 11.6 Å². The van der Waals surface area contributed by atoms with Crippen molar-refractivity contribution in [3.63, 3.8) is 0 Å². The number of nitrogens with zero attached hydrogens (tertiary/aromatic N) is 2. The van der Waals surface area contributed by atoms with Gasteiger partial charge in [0.05, 0.1) is 21.3 Å². The van der Waals surface area contributed by atoms with Crippen molar-refractivity contribution in [1.29, 1.82) is 0 Å². The molecule has 2 rings (SSSR count). The summed E-state index contributed by atoms with van der Waals surface area (Å²) in [6.45, 7) is 0. The maximum Gasteiger partial charge on any atom is 0.203 e. The minimum absolute atomic E-state index is 0.279. The van der Waals surface area contributed by atoms with Crippen molar-refractivity contribution in [3.8, 4) is 17.2 Å². The van der Waals surface area contributed by atoms with Gasteiger partial charge in [-0.3, -0.25) is 0 Å². The van der Waals surface area contributed by atoms with Crippen LogP contribution in [-0.2, 0) is 0 Å². The van der Waals surface area contributed by atoms with Gasteiger partial charge in [0.15, 0.2) is 22.5 Å². The molecule has 7 heteroatoms. The fourth-order valence-electron chi connectivity index (χ4n) is 1.69. The Bertz CT molecular complexity index is 582. The highest BCUT2D eigenvalue weighted by Crippen LogP contribution is 2.40. The van der Waals surface area contributed by atoms with Crippen LogP contribution < -0.4 is 19.5 Å². The van der Waals surface area contributed by atoms with Gasteiger partial charge in [0.2, 0.25) is 5.75 Å². The summed E-state index contributed by atoms with van der Waals surface area (Å²) in [6.07, 6.45) is 3.06. The van der Waals surface area contributed by atoms with Gasteiger partial charge in [0, 0.05) is 30.2 Å². The molecule has 0 amide bonds. The first-order valence-electron chi connectivity index (χ1n) is 5.73. The largest absolute Gasteiger partial charge is 0.493 e. The SMILES string of the molecule is COc1cc(Nc2nccnc2Cl)cc(OC)c1OC. The van der Waals surface area contributed by atoms with Crippen LogP contribution >= 0.6 is 11.6 Å². The molecule has 1 aromatic carbocycles. The highest BCUT2D eigenvalue weighted by molar-refractivity contribution is 6.31. The highest BCUT2D eigenvalue weighted by Gasteiger charge is 2.14. The van der Waals surface area contributed by atoms with E-state index < -0.39 is 0 Å². The summed E-state index contributed by atoms with van der Waals surface area (Å²) < 4.78 is 15.8. The van der Waals surface area contributed by atoms with Crippen LogP contribution in [0.15, 0.2) is 24.5 Å². The van der Waals surface area contributed by atoms with Crippen molar-refractivity contribution in [2.75, 3.05) is 26.6 Å². The monoisotopic (exact) mass is 295 g/mol. The van der Waals surface area contributed by atoms with Crippen LogP contribution in [0.25, 0.3) is 0 Å². The number of rotatable bonds is 5. The van der Waals surface area contributed by atoms with E-state index in [0.717, 1.165) is 0 Å². The average Bonchev–Trinajstić information content (AvgIpc) is 2.48. The van der Waals surface area contributed by atoms with Crippen molar-refractivity contribution in [1.82, 2.24) is 9.97 Å². The second kappa shape index (κ2) is 6.29. The van der Waals surface area contributed by atoms with Crippen molar-refractivity contribution < 1.29 is 14.2 Å². The van der Waals surface area contributed by atoms with Crippen molar-refractivity contribution >= 4 is 23.1 Å². The summed E-state index contributed by atoms with van der Waals surface area (Å²) >= 11 is 5.96. The number of aromatic nitrogens is 2. The first kappa shape index (κ1) is 14.2. The lowest BCUT2D eigenvalue weighted by atomic mass is 10.2. The van der Waals surface area contributed by atoms with Crippen LogP contribution in [0, 0.1) is 0 Å². The summed E-state index contributed by atoms with van der Waals surface area (Å²) in [4.78, 5) is 8.06. The number of nitrogens with one attached hydrogen (secondary N) is 1. The van der Waals surface area contributed by atoms with Gasteiger partial charge in [-0.25, -0.2) is 9.97 Å². The van der Waals surface area contributed by atoms with E-state index in [9.17, 15) is 0 Å². The Balaban J connectivity index is 2.40. The molecular formula is C13H14ClN3O3. The van der Waals surface area contributed by atoms with E-state index in [1.165, 1.54) is 6.20 Å². The number of hydrogen-bond donors (Lipinski definition) is 1. The predicted molar refractivity (Wildman–Crippen MR) is 76.4 cm³/mol. The Morgan fingerprint density at radius 3 is 2.05 bits per heavy atom. The maximum atomic E-state index is 5.96. The minimum Gasteiger partial charge on any atom is -0.493 e. The van der Waals surface area contributed by atoms with Crippen LogP contribution in [-0.4, -0.2) is 31.3 Å². The lowest BCUT2D eigenvalue weighted by molar-refractivity contribution is 0.324. The fraction of sp³-hybridized carbons (Fsp3) is 0.231. The molecule has 0 aliphatic heterocycles. The molecule has 0 aliphatic rings. The molecule has 0 radical (unpaired) electrons. The van der Waals surface area contributed by atoms with Gasteiger partial charge in [-0.15, -0.1) is 0 Å². The van der Waals surface area contributed by atoms with E-state index in [1.54, 1.807) is 39.7 Å². The van der Waals surface area contributed by atoms with E-state index >= 15 is 0 Å². The summed E-state index contributed by atoms with van der Waals surface area (Å²) in [5.41, 5.74) is 0.696. The summed E-state index contributed by atoms with van der Waals surface area (Å²) in [5.74, 6) is 2.04. The Kier molecular flexibility index (Phi) is 4.47. The molecule has 0 fully saturated rings. The molecule has 0 saturated heterocycles. The normalized spacial score (nSPS) is 10.0. The second-order valence-electron chi connectivity index (χ2n) is 3.73. The molecule has 0 saturated carbocycles. The Hall–Kier alpha value is -2.21. The first-order valence-corrected chi connectivity index (χ1v) is 6.11. The zero-order valence-corrected chi connectivity index (χ0v) is 12.1. The van der Waals surface area contributed by atoms with Crippen molar-refractivity contribution in [2.45, 2.75) is 0 Å². The van der Waals surface area contributed by atoms with Crippen molar-refractivity contribution in [3.05, 3.63) is 29.7 Å². The topological polar surface area (TPSA) is 65.5 Å². The average molecular weight is 296 g/mol. The van der Waals surface area contributed by atoms with Gasteiger partial charge in [0.25, 0.3) is 0 Å². The molecule has 0 spiro atoms. The smallest absolute Gasteiger partial charge is 0.203 e. The van der Waals surface area contributed by atoms with Gasteiger partial charge in [-0.05, 0) is 0 Å². The molecule has 0 unspecified atom stereocenters. The lowest BCUT2D eigenvalue weighted by Crippen LogP contribution is -1.99. The molecule has 0 bridgehead atoms. The van der Waals surface area contributed by atoms with Crippen LogP contribution in [0.1, 0.15) is 0 Å². The number of halogens is 1. The maximum absolute atomic E-state index is 5.96. The lowest BCUT2D eigenvalue weighted by Gasteiger charge is -2.15. The van der Waals surface area contributed by atoms with Gasteiger partial charge < -0.3 is 19.5 Å². The number of methoxy groups -OCH3 is 3. The Morgan fingerprint density at radius 1 is 0.950 bits per heavy atom. The third-order valence-corrected chi connectivity index (χ3v) is 2.86. The summed E-state index contributed by atoms with van der Waals surface area (Å²) in [7, 11) is 4.65. The molecule has 0 aliphatic carbocycles. The Labute approximate surface area is 121 Å². The zero-order valence-electron chi connectivity index (χ0n) is 11.3. The molecule has 106 valence electrons. The molecule has 1 aromatic heterocycles. The molecule has 2 aromatic rings. The van der Waals surface area contributed by atoms with E-state index in [4.69, 9.17) is 25.8 Å². The van der Waals surface area contributed by atoms with Crippen molar-refractivity contribution in [2.24, 2.45) is 0 Å².